The lowest BCUT2D eigenvalue weighted by molar-refractivity contribution is 0.297. The predicted octanol–water partition coefficient (Wildman–Crippen LogP) is 2.52. The van der Waals surface area contributed by atoms with Gasteiger partial charge < -0.3 is 4.74 Å². The number of hydrogen-bond acceptors (Lipinski definition) is 4. The van der Waals surface area contributed by atoms with Crippen LogP contribution in [0.2, 0.25) is 0 Å². The van der Waals surface area contributed by atoms with Crippen LogP contribution in [0.3, 0.4) is 0 Å². The number of nitrogens with zero attached hydrogens (tertiary/aromatic N) is 1. The zero-order valence-corrected chi connectivity index (χ0v) is 13.4. The van der Waals surface area contributed by atoms with E-state index in [1.54, 1.807) is 6.07 Å². The molecule has 0 amide bonds. The fraction of sp³-hybridized carbons (Fsp3) is 0.154. The Labute approximate surface area is 130 Å². The first-order chi connectivity index (χ1) is 9.77. The molecule has 8 heteroatoms. The highest BCUT2D eigenvalue weighted by atomic mass is 79.9. The van der Waals surface area contributed by atoms with E-state index < -0.39 is 20.7 Å². The topological polar surface area (TPSA) is 82.3 Å². The number of sulfonamides is 1. The predicted molar refractivity (Wildman–Crippen MR) is 78.8 cm³/mol. The van der Waals surface area contributed by atoms with Gasteiger partial charge in [0.15, 0.2) is 0 Å². The Kier molecular flexibility index (Phi) is 4.60. The monoisotopic (exact) mass is 374 g/mol. The van der Waals surface area contributed by atoms with E-state index in [1.165, 1.54) is 0 Å². The van der Waals surface area contributed by atoms with Crippen LogP contribution >= 0.6 is 15.9 Å². The molecule has 112 valence electrons. The van der Waals surface area contributed by atoms with Crippen LogP contribution in [0.4, 0.5) is 4.39 Å². The van der Waals surface area contributed by atoms with Crippen LogP contribution in [-0.4, -0.2) is 13.4 Å². The van der Waals surface area contributed by atoms with Crippen molar-refractivity contribution in [2.75, 3.05) is 0 Å². The summed E-state index contributed by atoms with van der Waals surface area (Å²) in [5.41, 5.74) is 1.52. The van der Waals surface area contributed by atoms with Gasteiger partial charge in [0, 0.05) is 11.8 Å². The van der Waals surface area contributed by atoms with Gasteiger partial charge in [-0.05, 0) is 41.1 Å². The van der Waals surface area contributed by atoms with Gasteiger partial charge in [-0.2, -0.15) is 0 Å². The summed E-state index contributed by atoms with van der Waals surface area (Å²) in [4.78, 5) is 3.66. The van der Waals surface area contributed by atoms with Gasteiger partial charge in [-0.15, -0.1) is 0 Å². The molecule has 0 aliphatic carbocycles. The van der Waals surface area contributed by atoms with Crippen molar-refractivity contribution in [3.63, 3.8) is 0 Å². The second-order valence-electron chi connectivity index (χ2n) is 4.32. The number of ether oxygens (including phenoxy) is 1. The minimum atomic E-state index is -4.12. The van der Waals surface area contributed by atoms with Crippen molar-refractivity contribution in [2.24, 2.45) is 5.14 Å². The summed E-state index contributed by atoms with van der Waals surface area (Å²) in [5.74, 6) is -0.795. The molecule has 2 N–H and O–H groups in total. The molecule has 21 heavy (non-hydrogen) atoms. The van der Waals surface area contributed by atoms with Gasteiger partial charge >= 0.3 is 0 Å². The van der Waals surface area contributed by atoms with Crippen molar-refractivity contribution in [3.8, 4) is 5.75 Å². The van der Waals surface area contributed by atoms with E-state index in [0.717, 1.165) is 17.8 Å². The zero-order chi connectivity index (χ0) is 15.6. The van der Waals surface area contributed by atoms with E-state index in [1.807, 2.05) is 19.1 Å². The number of aromatic nitrogens is 1. The molecule has 1 aromatic carbocycles. The van der Waals surface area contributed by atoms with Crippen molar-refractivity contribution in [3.05, 3.63) is 52.0 Å². The summed E-state index contributed by atoms with van der Waals surface area (Å²) in [5, 5.41) is 4.92. The Bertz CT molecular complexity index is 781. The van der Waals surface area contributed by atoms with Crippen LogP contribution in [0.25, 0.3) is 0 Å². The Balaban J connectivity index is 2.24. The summed E-state index contributed by atoms with van der Waals surface area (Å²) >= 11 is 3.13. The maximum atomic E-state index is 13.7. The number of halogens is 2. The molecule has 1 heterocycles. The van der Waals surface area contributed by atoms with Gasteiger partial charge in [0.1, 0.15) is 23.1 Å². The number of rotatable bonds is 4. The number of hydrogen-bond donors (Lipinski definition) is 1. The Hall–Kier alpha value is -1.51. The van der Waals surface area contributed by atoms with Crippen LogP contribution in [0.1, 0.15) is 11.4 Å². The lowest BCUT2D eigenvalue weighted by Crippen LogP contribution is -2.14. The number of benzene rings is 1. The average Bonchev–Trinajstić information content (AvgIpc) is 2.38. The molecular weight excluding hydrogens is 363 g/mol. The first-order valence-electron chi connectivity index (χ1n) is 5.84. The number of primary sulfonamides is 1. The van der Waals surface area contributed by atoms with Gasteiger partial charge in [0.25, 0.3) is 0 Å². The van der Waals surface area contributed by atoms with Crippen LogP contribution in [-0.2, 0) is 16.6 Å². The molecule has 0 saturated carbocycles. The summed E-state index contributed by atoms with van der Waals surface area (Å²) < 4.78 is 41.9. The Morgan fingerprint density at radius 1 is 1.38 bits per heavy atom. The van der Waals surface area contributed by atoms with Gasteiger partial charge in [0.2, 0.25) is 10.0 Å². The molecule has 0 unspecified atom stereocenters. The van der Waals surface area contributed by atoms with Gasteiger partial charge in [0.05, 0.1) is 10.2 Å². The van der Waals surface area contributed by atoms with E-state index in [9.17, 15) is 12.8 Å². The lowest BCUT2D eigenvalue weighted by atomic mass is 10.3. The fourth-order valence-corrected chi connectivity index (χ4v) is 2.89. The minimum Gasteiger partial charge on any atom is -0.486 e. The summed E-state index contributed by atoms with van der Waals surface area (Å²) in [7, 11) is -4.12. The van der Waals surface area contributed by atoms with Crippen molar-refractivity contribution in [1.29, 1.82) is 0 Å². The molecule has 0 atom stereocenters. The highest BCUT2D eigenvalue weighted by Gasteiger charge is 2.18. The lowest BCUT2D eigenvalue weighted by Gasteiger charge is -2.10. The third-order valence-electron chi connectivity index (χ3n) is 2.61. The average molecular weight is 375 g/mol. The maximum Gasteiger partial charge on any atom is 0.241 e. The number of pyridine rings is 1. The minimum absolute atomic E-state index is 0.133. The van der Waals surface area contributed by atoms with Crippen LogP contribution in [0.5, 0.6) is 5.75 Å². The first kappa shape index (κ1) is 15.9. The van der Waals surface area contributed by atoms with E-state index in [0.29, 0.717) is 10.2 Å². The second kappa shape index (κ2) is 6.08. The Morgan fingerprint density at radius 2 is 2.10 bits per heavy atom. The fourth-order valence-electron chi connectivity index (χ4n) is 1.67. The van der Waals surface area contributed by atoms with Gasteiger partial charge in [-0.3, -0.25) is 4.98 Å². The highest BCUT2D eigenvalue weighted by molar-refractivity contribution is 9.10. The zero-order valence-electron chi connectivity index (χ0n) is 11.0. The molecule has 0 radical (unpaired) electrons. The molecule has 0 bridgehead atoms. The SMILES string of the molecule is Cc1cccc(COc2cc(F)c(S(N)(=O)=O)cc2Br)n1. The molecule has 1 aromatic heterocycles. The quantitative estimate of drug-likeness (QED) is 0.890. The van der Waals surface area contributed by atoms with E-state index >= 15 is 0 Å². The highest BCUT2D eigenvalue weighted by Crippen LogP contribution is 2.30. The molecule has 0 aliphatic rings. The van der Waals surface area contributed by atoms with Gasteiger partial charge in [-0.1, -0.05) is 6.07 Å². The third-order valence-corrected chi connectivity index (χ3v) is 4.16. The number of aryl methyl sites for hydroxylation is 1. The van der Waals surface area contributed by atoms with E-state index in [-0.39, 0.29) is 12.4 Å². The second-order valence-corrected chi connectivity index (χ2v) is 6.70. The molecule has 0 aliphatic heterocycles. The van der Waals surface area contributed by atoms with Crippen molar-refractivity contribution >= 4 is 26.0 Å². The number of nitrogens with two attached hydrogens (primary N) is 1. The molecule has 2 aromatic rings. The first-order valence-corrected chi connectivity index (χ1v) is 8.18. The molecule has 2 rings (SSSR count). The molecule has 0 spiro atoms. The molecule has 0 fully saturated rings. The third kappa shape index (κ3) is 3.99. The van der Waals surface area contributed by atoms with Gasteiger partial charge in [-0.25, -0.2) is 17.9 Å². The van der Waals surface area contributed by atoms with Crippen molar-refractivity contribution in [1.82, 2.24) is 4.98 Å². The largest absolute Gasteiger partial charge is 0.486 e. The van der Waals surface area contributed by atoms with Crippen LogP contribution in [0, 0.1) is 12.7 Å². The van der Waals surface area contributed by atoms with Crippen molar-refractivity contribution in [2.45, 2.75) is 18.4 Å². The van der Waals surface area contributed by atoms with Crippen molar-refractivity contribution < 1.29 is 17.5 Å². The Morgan fingerprint density at radius 3 is 2.71 bits per heavy atom. The summed E-state index contributed by atoms with van der Waals surface area (Å²) in [6.45, 7) is 1.98. The van der Waals surface area contributed by atoms with E-state index in [4.69, 9.17) is 9.88 Å². The maximum absolute atomic E-state index is 13.7. The normalized spacial score (nSPS) is 11.4. The molecule has 0 saturated heterocycles. The summed E-state index contributed by atoms with van der Waals surface area (Å²) in [6.07, 6.45) is 0. The standard InChI is InChI=1S/C13H12BrFN2O3S/c1-8-3-2-4-9(17-8)7-20-12-6-11(15)13(5-10(12)14)21(16,18)19/h2-6H,7H2,1H3,(H2,16,18,19). The smallest absolute Gasteiger partial charge is 0.241 e. The van der Waals surface area contributed by atoms with Crippen LogP contribution in [0.15, 0.2) is 39.7 Å². The summed E-state index contributed by atoms with van der Waals surface area (Å²) in [6, 6.07) is 7.50. The van der Waals surface area contributed by atoms with Crippen LogP contribution < -0.4 is 9.88 Å². The molecular formula is C13H12BrFN2O3S. The van der Waals surface area contributed by atoms with E-state index in [2.05, 4.69) is 20.9 Å². The molecule has 5 nitrogen and oxygen atoms in total.